The highest BCUT2D eigenvalue weighted by molar-refractivity contribution is 5.96. The third kappa shape index (κ3) is 6.40. The van der Waals surface area contributed by atoms with E-state index < -0.39 is 5.97 Å². The van der Waals surface area contributed by atoms with Crippen LogP contribution in [0, 0.1) is 0 Å². The molecular formula is C27H24N2O8. The molecule has 1 heterocycles. The number of rotatable bonds is 1. The van der Waals surface area contributed by atoms with Crippen LogP contribution < -0.4 is 11.2 Å². The third-order valence-corrected chi connectivity index (χ3v) is 5.02. The van der Waals surface area contributed by atoms with Crippen LogP contribution in [0.15, 0.2) is 83.7 Å². The van der Waals surface area contributed by atoms with Crippen LogP contribution in [0.2, 0.25) is 0 Å². The number of aromatic nitrogens is 1. The number of aromatic amines is 1. The van der Waals surface area contributed by atoms with E-state index in [1.54, 1.807) is 42.5 Å². The molecule has 0 atom stereocenters. The molecule has 0 radical (unpaired) electrons. The molecule has 5 aromatic rings. The van der Waals surface area contributed by atoms with Crippen molar-refractivity contribution >= 4 is 33.5 Å². The molecule has 0 aliphatic rings. The first-order valence-corrected chi connectivity index (χ1v) is 10.7. The maximum atomic E-state index is 12.2. The second kappa shape index (κ2) is 11.4. The number of nitrogens with two attached hydrogens (primary N) is 1. The van der Waals surface area contributed by atoms with Crippen molar-refractivity contribution in [2.24, 2.45) is 0 Å². The van der Waals surface area contributed by atoms with Gasteiger partial charge in [0.25, 0.3) is 0 Å². The lowest BCUT2D eigenvalue weighted by atomic mass is 10.1. The first-order valence-electron chi connectivity index (χ1n) is 10.7. The van der Waals surface area contributed by atoms with Crippen molar-refractivity contribution in [3.8, 4) is 28.7 Å². The summed E-state index contributed by atoms with van der Waals surface area (Å²) in [4.78, 5) is 26.1. The van der Waals surface area contributed by atoms with Gasteiger partial charge >= 0.3 is 5.97 Å². The highest BCUT2D eigenvalue weighted by atomic mass is 16.5. The Morgan fingerprint density at radius 1 is 0.757 bits per heavy atom. The quantitative estimate of drug-likeness (QED) is 0.101. The molecule has 10 nitrogen and oxygen atoms in total. The predicted octanol–water partition coefficient (Wildman–Crippen LogP) is 3.95. The second-order valence-corrected chi connectivity index (χ2v) is 7.67. The van der Waals surface area contributed by atoms with Crippen LogP contribution in [0.3, 0.4) is 0 Å². The first kappa shape index (κ1) is 26.2. The van der Waals surface area contributed by atoms with Gasteiger partial charge in [-0.2, -0.15) is 0 Å². The number of benzene rings is 4. The van der Waals surface area contributed by atoms with Crippen LogP contribution in [-0.2, 0) is 4.74 Å². The van der Waals surface area contributed by atoms with Crippen molar-refractivity contribution in [2.45, 2.75) is 0 Å². The highest BCUT2D eigenvalue weighted by Gasteiger charge is 2.10. The topological polar surface area (TPSA) is 186 Å². The van der Waals surface area contributed by atoms with E-state index in [1.807, 2.05) is 6.07 Å². The van der Waals surface area contributed by atoms with Crippen LogP contribution in [0.1, 0.15) is 10.4 Å². The fraction of sp³-hybridized carbons (Fsp3) is 0.0370. The number of phenols is 5. The molecule has 0 fully saturated rings. The molecule has 4 aromatic carbocycles. The van der Waals surface area contributed by atoms with Crippen LogP contribution in [0.5, 0.6) is 28.7 Å². The lowest BCUT2D eigenvalue weighted by Crippen LogP contribution is -2.04. The number of hydrogen-bond acceptors (Lipinski definition) is 9. The molecule has 10 heteroatoms. The maximum Gasteiger partial charge on any atom is 0.339 e. The summed E-state index contributed by atoms with van der Waals surface area (Å²) >= 11 is 0. The number of fused-ring (bicyclic) bond motifs is 2. The number of pyridine rings is 1. The zero-order chi connectivity index (χ0) is 27.1. The fourth-order valence-corrected chi connectivity index (χ4v) is 3.39. The standard InChI is InChI=1S/C13H9NO3.C8H9NO2.C6H6O3/c15-7-5-10-12(11(16)6-7)13(17)8-3-1-2-4-9(8)14-10;1-11-8(10)6-4-2-3-5-7(6)9;7-4-1-5(8)3-6(9)2-4/h1-6,15-16H,(H,14,17);2-5H,9H2,1H3;1-3,7-9H. The number of esters is 1. The molecule has 0 amide bonds. The number of H-pyrrole nitrogens is 1. The summed E-state index contributed by atoms with van der Waals surface area (Å²) in [6.45, 7) is 0. The minimum absolute atomic E-state index is 0.0825. The molecular weight excluding hydrogens is 480 g/mol. The molecule has 37 heavy (non-hydrogen) atoms. The second-order valence-electron chi connectivity index (χ2n) is 7.67. The van der Waals surface area contributed by atoms with E-state index in [-0.39, 0.29) is 39.6 Å². The largest absolute Gasteiger partial charge is 0.508 e. The molecule has 0 saturated carbocycles. The summed E-state index contributed by atoms with van der Waals surface area (Å²) < 4.78 is 4.50. The SMILES string of the molecule is COC(=O)c1ccccc1N.O=c1c2ccccc2[nH]c2cc(O)cc(O)c12.Oc1cc(O)cc(O)c1. The van der Waals surface area contributed by atoms with E-state index in [1.165, 1.54) is 13.2 Å². The normalized spacial score (nSPS) is 10.1. The van der Waals surface area contributed by atoms with Gasteiger partial charge in [-0.1, -0.05) is 24.3 Å². The van der Waals surface area contributed by atoms with Gasteiger partial charge in [-0.05, 0) is 24.3 Å². The summed E-state index contributed by atoms with van der Waals surface area (Å²) in [7, 11) is 1.33. The number of carbonyl (C=O) groups excluding carboxylic acids is 1. The molecule has 0 bridgehead atoms. The number of nitrogen functional groups attached to an aromatic ring is 1. The number of nitrogens with one attached hydrogen (secondary N) is 1. The van der Waals surface area contributed by atoms with Gasteiger partial charge in [0.05, 0.1) is 23.6 Å². The Balaban J connectivity index is 0.000000165. The van der Waals surface area contributed by atoms with Crippen LogP contribution >= 0.6 is 0 Å². The summed E-state index contributed by atoms with van der Waals surface area (Å²) in [5, 5.41) is 45.8. The van der Waals surface area contributed by atoms with Crippen LogP contribution in [-0.4, -0.2) is 43.6 Å². The van der Waals surface area contributed by atoms with Gasteiger partial charge in [0.1, 0.15) is 28.7 Å². The fourth-order valence-electron chi connectivity index (χ4n) is 3.39. The summed E-state index contributed by atoms with van der Waals surface area (Å²) in [5.74, 6) is -1.14. The Morgan fingerprint density at radius 3 is 1.89 bits per heavy atom. The average molecular weight is 504 g/mol. The van der Waals surface area contributed by atoms with E-state index in [0.717, 1.165) is 24.3 Å². The van der Waals surface area contributed by atoms with Crippen molar-refractivity contribution < 1.29 is 35.1 Å². The van der Waals surface area contributed by atoms with Gasteiger partial charge in [0.15, 0.2) is 0 Å². The Labute approximate surface area is 210 Å². The highest BCUT2D eigenvalue weighted by Crippen LogP contribution is 2.27. The van der Waals surface area contributed by atoms with Gasteiger partial charge in [0, 0.05) is 46.9 Å². The van der Waals surface area contributed by atoms with Crippen molar-refractivity contribution in [1.82, 2.24) is 4.98 Å². The van der Waals surface area contributed by atoms with Crippen molar-refractivity contribution in [1.29, 1.82) is 0 Å². The van der Waals surface area contributed by atoms with Gasteiger partial charge in [-0.15, -0.1) is 0 Å². The smallest absolute Gasteiger partial charge is 0.339 e. The Kier molecular flexibility index (Phi) is 8.06. The van der Waals surface area contributed by atoms with E-state index in [2.05, 4.69) is 9.72 Å². The number of ether oxygens (including phenoxy) is 1. The summed E-state index contributed by atoms with van der Waals surface area (Å²) in [5.41, 5.74) is 7.21. The molecule has 5 rings (SSSR count). The molecule has 0 spiro atoms. The van der Waals surface area contributed by atoms with Crippen molar-refractivity contribution in [3.63, 3.8) is 0 Å². The number of carbonyl (C=O) groups is 1. The Hall–Kier alpha value is -5.38. The Bertz CT molecular complexity index is 1580. The predicted molar refractivity (Wildman–Crippen MR) is 139 cm³/mol. The van der Waals surface area contributed by atoms with Crippen LogP contribution in [0.4, 0.5) is 5.69 Å². The van der Waals surface area contributed by atoms with Gasteiger partial charge in [-0.3, -0.25) is 4.79 Å². The van der Waals surface area contributed by atoms with E-state index >= 15 is 0 Å². The van der Waals surface area contributed by atoms with E-state index in [9.17, 15) is 19.8 Å². The number of para-hydroxylation sites is 2. The molecule has 0 unspecified atom stereocenters. The first-order chi connectivity index (χ1) is 17.6. The van der Waals surface area contributed by atoms with Crippen molar-refractivity contribution in [3.05, 3.63) is 94.6 Å². The third-order valence-electron chi connectivity index (χ3n) is 5.02. The molecule has 0 aliphatic carbocycles. The minimum Gasteiger partial charge on any atom is -0.508 e. The van der Waals surface area contributed by atoms with Gasteiger partial charge < -0.3 is 41.0 Å². The number of anilines is 1. The molecule has 190 valence electrons. The molecule has 1 aromatic heterocycles. The molecule has 0 aliphatic heterocycles. The van der Waals surface area contributed by atoms with E-state index in [0.29, 0.717) is 27.7 Å². The monoisotopic (exact) mass is 504 g/mol. The van der Waals surface area contributed by atoms with Crippen molar-refractivity contribution in [2.75, 3.05) is 12.8 Å². The Morgan fingerprint density at radius 2 is 1.30 bits per heavy atom. The minimum atomic E-state index is -0.400. The van der Waals surface area contributed by atoms with Crippen LogP contribution in [0.25, 0.3) is 21.8 Å². The van der Waals surface area contributed by atoms with Gasteiger partial charge in [-0.25, -0.2) is 4.79 Å². The van der Waals surface area contributed by atoms with E-state index in [4.69, 9.17) is 21.1 Å². The maximum absolute atomic E-state index is 12.2. The summed E-state index contributed by atoms with van der Waals surface area (Å²) in [6, 6.07) is 19.8. The lowest BCUT2D eigenvalue weighted by Gasteiger charge is -2.04. The zero-order valence-electron chi connectivity index (χ0n) is 19.5. The molecule has 0 saturated heterocycles. The average Bonchev–Trinajstić information content (AvgIpc) is 2.83. The zero-order valence-corrected chi connectivity index (χ0v) is 19.5. The number of aromatic hydroxyl groups is 5. The number of hydrogen-bond donors (Lipinski definition) is 7. The number of methoxy groups -OCH3 is 1. The summed E-state index contributed by atoms with van der Waals surface area (Å²) in [6.07, 6.45) is 0. The lowest BCUT2D eigenvalue weighted by molar-refractivity contribution is 0.0602. The molecule has 8 N–H and O–H groups in total. The van der Waals surface area contributed by atoms with Gasteiger partial charge in [0.2, 0.25) is 5.43 Å². The number of phenolic OH excluding ortho intramolecular Hbond substituents is 5.